The fraction of sp³-hybridized carbons (Fsp3) is 0.333. The minimum atomic E-state index is -3.62. The van der Waals surface area contributed by atoms with E-state index in [1.165, 1.54) is 22.1 Å². The van der Waals surface area contributed by atoms with Crippen LogP contribution in [0.1, 0.15) is 25.0 Å². The number of tetrazole rings is 1. The van der Waals surface area contributed by atoms with E-state index in [1.54, 1.807) is 30.7 Å². The average Bonchev–Trinajstić information content (AvgIpc) is 3.23. The summed E-state index contributed by atoms with van der Waals surface area (Å²) in [5.74, 6) is -0.214. The maximum atomic E-state index is 12.8. The van der Waals surface area contributed by atoms with Crippen molar-refractivity contribution >= 4 is 33.4 Å². The van der Waals surface area contributed by atoms with Crippen LogP contribution in [-0.4, -0.2) is 57.7 Å². The van der Waals surface area contributed by atoms with Crippen molar-refractivity contribution in [3.05, 3.63) is 53.6 Å². The van der Waals surface area contributed by atoms with Crippen molar-refractivity contribution in [2.24, 2.45) is 0 Å². The van der Waals surface area contributed by atoms with E-state index in [2.05, 4.69) is 20.8 Å². The molecule has 0 bridgehead atoms. The van der Waals surface area contributed by atoms with Gasteiger partial charge in [-0.3, -0.25) is 4.79 Å². The van der Waals surface area contributed by atoms with Gasteiger partial charge in [-0.1, -0.05) is 49.9 Å². The number of hydrogen-bond acceptors (Lipinski definition) is 7. The molecule has 1 aromatic heterocycles. The van der Waals surface area contributed by atoms with E-state index in [-0.39, 0.29) is 16.6 Å². The Hall–Kier alpha value is -2.76. The second-order valence-corrected chi connectivity index (χ2v) is 9.94. The summed E-state index contributed by atoms with van der Waals surface area (Å²) in [5, 5.41) is 15.1. The number of aromatic nitrogens is 4. The monoisotopic (exact) mass is 474 g/mol. The van der Waals surface area contributed by atoms with Crippen LogP contribution >= 0.6 is 11.8 Å². The second kappa shape index (κ2) is 10.2. The molecule has 1 amide bonds. The molecule has 9 nitrogen and oxygen atoms in total. The van der Waals surface area contributed by atoms with Crippen LogP contribution in [0.4, 0.5) is 5.69 Å². The van der Waals surface area contributed by atoms with E-state index in [1.807, 2.05) is 38.1 Å². The third-order valence-corrected chi connectivity index (χ3v) is 7.91. The Kier molecular flexibility index (Phi) is 7.64. The molecule has 0 unspecified atom stereocenters. The van der Waals surface area contributed by atoms with Gasteiger partial charge in [-0.05, 0) is 53.6 Å². The fourth-order valence-electron chi connectivity index (χ4n) is 3.15. The number of aryl methyl sites for hydroxylation is 2. The van der Waals surface area contributed by atoms with Gasteiger partial charge < -0.3 is 5.32 Å². The molecule has 1 N–H and O–H groups in total. The molecule has 0 atom stereocenters. The van der Waals surface area contributed by atoms with Crippen molar-refractivity contribution < 1.29 is 13.2 Å². The van der Waals surface area contributed by atoms with Crippen molar-refractivity contribution in [3.8, 4) is 5.69 Å². The maximum absolute atomic E-state index is 12.8. The third kappa shape index (κ3) is 5.17. The molecule has 0 radical (unpaired) electrons. The molecule has 3 aromatic rings. The first kappa shape index (κ1) is 23.9. The highest BCUT2D eigenvalue weighted by molar-refractivity contribution is 7.99. The van der Waals surface area contributed by atoms with Crippen LogP contribution in [0, 0.1) is 13.8 Å². The number of para-hydroxylation sites is 1. The summed E-state index contributed by atoms with van der Waals surface area (Å²) in [7, 11) is -3.62. The molecule has 0 spiro atoms. The summed E-state index contributed by atoms with van der Waals surface area (Å²) in [6.45, 7) is 8.11. The van der Waals surface area contributed by atoms with Crippen LogP contribution in [0.5, 0.6) is 0 Å². The number of rotatable bonds is 9. The highest BCUT2D eigenvalue weighted by atomic mass is 32.2. The number of amides is 1. The van der Waals surface area contributed by atoms with Crippen molar-refractivity contribution in [1.82, 2.24) is 24.5 Å². The van der Waals surface area contributed by atoms with Gasteiger partial charge >= 0.3 is 0 Å². The van der Waals surface area contributed by atoms with Crippen LogP contribution in [0.2, 0.25) is 0 Å². The van der Waals surface area contributed by atoms with Gasteiger partial charge in [0.15, 0.2) is 0 Å². The van der Waals surface area contributed by atoms with Crippen molar-refractivity contribution in [1.29, 1.82) is 0 Å². The molecule has 0 aliphatic carbocycles. The van der Waals surface area contributed by atoms with Gasteiger partial charge in [-0.2, -0.15) is 8.99 Å². The molecule has 170 valence electrons. The molecule has 0 aliphatic heterocycles. The SMILES string of the molecule is CCN(CC)S(=O)(=O)c1ccc(C)c(NC(=O)CSc2nnnn2-c2ccccc2C)c1. The summed E-state index contributed by atoms with van der Waals surface area (Å²) in [5.41, 5.74) is 3.08. The molecule has 0 saturated carbocycles. The fourth-order valence-corrected chi connectivity index (χ4v) is 5.31. The smallest absolute Gasteiger partial charge is 0.243 e. The first-order valence-electron chi connectivity index (χ1n) is 10.2. The highest BCUT2D eigenvalue weighted by Crippen LogP contribution is 2.24. The van der Waals surface area contributed by atoms with Crippen LogP contribution in [-0.2, 0) is 14.8 Å². The summed E-state index contributed by atoms with van der Waals surface area (Å²) in [6, 6.07) is 12.4. The molecule has 2 aromatic carbocycles. The highest BCUT2D eigenvalue weighted by Gasteiger charge is 2.22. The Balaban J connectivity index is 1.73. The van der Waals surface area contributed by atoms with Crippen LogP contribution < -0.4 is 5.32 Å². The van der Waals surface area contributed by atoms with E-state index in [0.717, 1.165) is 16.8 Å². The first-order chi connectivity index (χ1) is 15.3. The zero-order valence-corrected chi connectivity index (χ0v) is 20.1. The normalized spacial score (nSPS) is 11.7. The van der Waals surface area contributed by atoms with Gasteiger partial charge in [0.25, 0.3) is 0 Å². The largest absolute Gasteiger partial charge is 0.325 e. The molecule has 0 fully saturated rings. The van der Waals surface area contributed by atoms with E-state index in [0.29, 0.717) is 23.9 Å². The number of thioether (sulfide) groups is 1. The van der Waals surface area contributed by atoms with E-state index in [4.69, 9.17) is 0 Å². The maximum Gasteiger partial charge on any atom is 0.243 e. The Morgan fingerprint density at radius 3 is 2.50 bits per heavy atom. The molecule has 3 rings (SSSR count). The van der Waals surface area contributed by atoms with Gasteiger partial charge in [0, 0.05) is 18.8 Å². The Labute approximate surface area is 192 Å². The zero-order chi connectivity index (χ0) is 23.3. The molecular formula is C21H26N6O3S2. The van der Waals surface area contributed by atoms with Gasteiger partial charge in [0.05, 0.1) is 16.3 Å². The van der Waals surface area contributed by atoms with Gasteiger partial charge in [0.2, 0.25) is 21.1 Å². The van der Waals surface area contributed by atoms with Crippen molar-refractivity contribution in [3.63, 3.8) is 0 Å². The molecule has 0 saturated heterocycles. The summed E-state index contributed by atoms with van der Waals surface area (Å²) >= 11 is 1.20. The number of sulfonamides is 1. The molecule has 1 heterocycles. The second-order valence-electron chi connectivity index (χ2n) is 7.06. The molecule has 0 aliphatic rings. The number of anilines is 1. The third-order valence-electron chi connectivity index (χ3n) is 4.94. The minimum Gasteiger partial charge on any atom is -0.325 e. The lowest BCUT2D eigenvalue weighted by Gasteiger charge is -2.19. The number of nitrogens with one attached hydrogen (secondary N) is 1. The summed E-state index contributed by atoms with van der Waals surface area (Å²) in [4.78, 5) is 12.8. The number of nitrogens with zero attached hydrogens (tertiary/aromatic N) is 5. The average molecular weight is 475 g/mol. The Morgan fingerprint density at radius 1 is 1.09 bits per heavy atom. The quantitative estimate of drug-likeness (QED) is 0.475. The van der Waals surface area contributed by atoms with Gasteiger partial charge in [0.1, 0.15) is 0 Å². The standard InChI is InChI=1S/C21H26N6O3S2/c1-5-26(6-2)32(29,30)17-12-11-15(3)18(13-17)22-20(28)14-31-21-23-24-25-27(21)19-10-8-7-9-16(19)4/h7-13H,5-6,14H2,1-4H3,(H,22,28). The van der Waals surface area contributed by atoms with E-state index < -0.39 is 10.0 Å². The lowest BCUT2D eigenvalue weighted by atomic mass is 10.2. The van der Waals surface area contributed by atoms with Crippen LogP contribution in [0.25, 0.3) is 5.69 Å². The first-order valence-corrected chi connectivity index (χ1v) is 12.6. The van der Waals surface area contributed by atoms with Gasteiger partial charge in [-0.25, -0.2) is 8.42 Å². The van der Waals surface area contributed by atoms with E-state index in [9.17, 15) is 13.2 Å². The van der Waals surface area contributed by atoms with Gasteiger partial charge in [-0.15, -0.1) is 5.10 Å². The Morgan fingerprint density at radius 2 is 1.81 bits per heavy atom. The lowest BCUT2D eigenvalue weighted by molar-refractivity contribution is -0.113. The van der Waals surface area contributed by atoms with Crippen molar-refractivity contribution in [2.75, 3.05) is 24.2 Å². The lowest BCUT2D eigenvalue weighted by Crippen LogP contribution is -2.30. The number of carbonyl (C=O) groups excluding carboxylic acids is 1. The zero-order valence-electron chi connectivity index (χ0n) is 18.4. The van der Waals surface area contributed by atoms with E-state index >= 15 is 0 Å². The predicted molar refractivity (Wildman–Crippen MR) is 125 cm³/mol. The van der Waals surface area contributed by atoms with Crippen LogP contribution in [0.3, 0.4) is 0 Å². The number of benzene rings is 2. The predicted octanol–water partition coefficient (Wildman–Crippen LogP) is 3.04. The van der Waals surface area contributed by atoms with Crippen molar-refractivity contribution in [2.45, 2.75) is 37.7 Å². The van der Waals surface area contributed by atoms with Crippen LogP contribution in [0.15, 0.2) is 52.5 Å². The molecule has 32 heavy (non-hydrogen) atoms. The minimum absolute atomic E-state index is 0.0682. The topological polar surface area (TPSA) is 110 Å². The summed E-state index contributed by atoms with van der Waals surface area (Å²) < 4.78 is 28.6. The molecule has 11 heteroatoms. The Bertz CT molecular complexity index is 1210. The number of hydrogen-bond donors (Lipinski definition) is 1. The molecular weight excluding hydrogens is 448 g/mol. The summed E-state index contributed by atoms with van der Waals surface area (Å²) in [6.07, 6.45) is 0. The number of carbonyl (C=O) groups is 1.